The number of hydrogen-bond acceptors (Lipinski definition) is 3. The molecule has 0 radical (unpaired) electrons. The Labute approximate surface area is 168 Å². The van der Waals surface area contributed by atoms with E-state index in [2.05, 4.69) is 15.8 Å². The Bertz CT molecular complexity index is 932. The largest absolute Gasteiger partial charge is 0.331 e. The Morgan fingerprint density at radius 2 is 2.00 bits per heavy atom. The first kappa shape index (κ1) is 19.1. The first-order valence-corrected chi connectivity index (χ1v) is 9.45. The fourth-order valence-electron chi connectivity index (χ4n) is 2.19. The van der Waals surface area contributed by atoms with Gasteiger partial charge in [-0.05, 0) is 48.6 Å². The number of hydrazone groups is 1. The van der Waals surface area contributed by atoms with Gasteiger partial charge in [-0.25, -0.2) is 8.78 Å². The predicted molar refractivity (Wildman–Crippen MR) is 109 cm³/mol. The van der Waals surface area contributed by atoms with Crippen LogP contribution in [0.5, 0.6) is 0 Å². The zero-order valence-electron chi connectivity index (χ0n) is 13.0. The van der Waals surface area contributed by atoms with E-state index in [1.807, 2.05) is 0 Å². The summed E-state index contributed by atoms with van der Waals surface area (Å²) < 4.78 is 26.6. The van der Waals surface area contributed by atoms with Crippen molar-refractivity contribution in [2.75, 3.05) is 11.1 Å². The van der Waals surface area contributed by atoms with Crippen molar-refractivity contribution in [3.63, 3.8) is 0 Å². The molecule has 134 valence electrons. The lowest BCUT2D eigenvalue weighted by Crippen LogP contribution is -2.24. The summed E-state index contributed by atoms with van der Waals surface area (Å²) >= 11 is 18.7. The summed E-state index contributed by atoms with van der Waals surface area (Å²) in [7, 11) is 0. The van der Waals surface area contributed by atoms with Crippen molar-refractivity contribution in [1.29, 1.82) is 0 Å². The van der Waals surface area contributed by atoms with E-state index >= 15 is 0 Å². The van der Waals surface area contributed by atoms with Crippen LogP contribution in [0.3, 0.4) is 0 Å². The molecule has 1 heterocycles. The maximum absolute atomic E-state index is 13.4. The first-order valence-electron chi connectivity index (χ1n) is 7.30. The van der Waals surface area contributed by atoms with Crippen LogP contribution >= 0.6 is 47.2 Å². The van der Waals surface area contributed by atoms with E-state index in [9.17, 15) is 8.78 Å². The summed E-state index contributed by atoms with van der Waals surface area (Å²) in [6, 6.07) is 8.66. The summed E-state index contributed by atoms with van der Waals surface area (Å²) in [6.45, 7) is 0. The summed E-state index contributed by atoms with van der Waals surface area (Å²) in [6.07, 6.45) is 1.54. The number of halogens is 4. The van der Waals surface area contributed by atoms with Crippen molar-refractivity contribution in [3.8, 4) is 0 Å². The van der Waals surface area contributed by atoms with Gasteiger partial charge in [0.25, 0.3) is 0 Å². The molecule has 2 aromatic carbocycles. The van der Waals surface area contributed by atoms with E-state index in [-0.39, 0.29) is 16.0 Å². The molecule has 0 amide bonds. The van der Waals surface area contributed by atoms with E-state index < -0.39 is 5.82 Å². The van der Waals surface area contributed by atoms with Gasteiger partial charge in [-0.3, -0.25) is 5.43 Å². The molecule has 9 heteroatoms. The third-order valence-corrected chi connectivity index (χ3v) is 5.46. The first-order chi connectivity index (χ1) is 12.4. The molecule has 0 spiro atoms. The number of rotatable bonds is 3. The monoisotopic (exact) mass is 429 g/mol. The van der Waals surface area contributed by atoms with Gasteiger partial charge < -0.3 is 5.32 Å². The number of thiocarbonyl (C=S) groups is 1. The Morgan fingerprint density at radius 1 is 1.19 bits per heavy atom. The van der Waals surface area contributed by atoms with Gasteiger partial charge in [-0.15, -0.1) is 11.8 Å². The molecule has 0 atom stereocenters. The van der Waals surface area contributed by atoms with Crippen LogP contribution < -0.4 is 10.7 Å². The average Bonchev–Trinajstić information content (AvgIpc) is 2.60. The number of nitrogens with one attached hydrogen (secondary N) is 2. The van der Waals surface area contributed by atoms with E-state index in [1.165, 1.54) is 36.5 Å². The highest BCUT2D eigenvalue weighted by molar-refractivity contribution is 7.99. The van der Waals surface area contributed by atoms with Crippen LogP contribution in [-0.4, -0.2) is 17.1 Å². The van der Waals surface area contributed by atoms with Crippen molar-refractivity contribution in [2.45, 2.75) is 4.90 Å². The molecule has 0 saturated carbocycles. The van der Waals surface area contributed by atoms with E-state index in [1.54, 1.807) is 17.8 Å². The Hall–Kier alpha value is -1.67. The average molecular weight is 430 g/mol. The maximum atomic E-state index is 13.4. The normalized spacial score (nSPS) is 13.7. The minimum atomic E-state index is -0.512. The molecule has 1 aliphatic heterocycles. The lowest BCUT2D eigenvalue weighted by molar-refractivity contribution is 0.626. The standard InChI is InChI=1S/C17H11Cl2F2N3S2/c18-13-6-11(2-3-14(13)21)23-17(25)24-22-7-9-8-26-15-4-1-10(20)5-12(15)16(9)19/h1-7H,8H2,(H2,23,24,25)/b22-7+. The summed E-state index contributed by atoms with van der Waals surface area (Å²) in [5.74, 6) is -0.250. The van der Waals surface area contributed by atoms with Crippen LogP contribution in [-0.2, 0) is 0 Å². The minimum Gasteiger partial charge on any atom is -0.331 e. The SMILES string of the molecule is Fc1ccc2c(c1)C(Cl)=C(/C=N/NC(=S)Nc1ccc(F)c(Cl)c1)CS2. The Balaban J connectivity index is 1.65. The number of nitrogens with zero attached hydrogens (tertiary/aromatic N) is 1. The molecule has 0 bridgehead atoms. The van der Waals surface area contributed by atoms with Gasteiger partial charge in [-0.1, -0.05) is 23.2 Å². The van der Waals surface area contributed by atoms with Crippen LogP contribution in [0.1, 0.15) is 5.56 Å². The number of anilines is 1. The van der Waals surface area contributed by atoms with Crippen LogP contribution in [0.25, 0.3) is 5.03 Å². The second-order valence-electron chi connectivity index (χ2n) is 5.22. The van der Waals surface area contributed by atoms with Gasteiger partial charge in [-0.2, -0.15) is 5.10 Å². The van der Waals surface area contributed by atoms with Crippen molar-refractivity contribution in [3.05, 3.63) is 64.2 Å². The van der Waals surface area contributed by atoms with Gasteiger partial charge in [0.15, 0.2) is 5.11 Å². The van der Waals surface area contributed by atoms with Gasteiger partial charge >= 0.3 is 0 Å². The minimum absolute atomic E-state index is 0.0108. The molecule has 2 aromatic rings. The number of hydrogen-bond donors (Lipinski definition) is 2. The molecule has 0 aliphatic carbocycles. The molecule has 26 heavy (non-hydrogen) atoms. The molecule has 1 aliphatic rings. The van der Waals surface area contributed by atoms with Crippen LogP contribution in [0.4, 0.5) is 14.5 Å². The fraction of sp³-hybridized carbons (Fsp3) is 0.0588. The van der Waals surface area contributed by atoms with Crippen molar-refractivity contribution < 1.29 is 8.78 Å². The van der Waals surface area contributed by atoms with E-state index in [4.69, 9.17) is 35.4 Å². The smallest absolute Gasteiger partial charge is 0.191 e. The lowest BCUT2D eigenvalue weighted by atomic mass is 10.1. The van der Waals surface area contributed by atoms with Crippen LogP contribution in [0, 0.1) is 11.6 Å². The van der Waals surface area contributed by atoms with E-state index in [0.29, 0.717) is 22.0 Å². The predicted octanol–water partition coefficient (Wildman–Crippen LogP) is 5.65. The zero-order valence-corrected chi connectivity index (χ0v) is 16.2. The van der Waals surface area contributed by atoms with Gasteiger partial charge in [0.05, 0.1) is 16.3 Å². The number of fused-ring (bicyclic) bond motifs is 1. The molecule has 2 N–H and O–H groups in total. The topological polar surface area (TPSA) is 36.4 Å². The second kappa shape index (κ2) is 8.35. The zero-order chi connectivity index (χ0) is 18.7. The highest BCUT2D eigenvalue weighted by atomic mass is 35.5. The van der Waals surface area contributed by atoms with Crippen molar-refractivity contribution >= 4 is 69.2 Å². The Kier molecular flexibility index (Phi) is 6.13. The second-order valence-corrected chi connectivity index (χ2v) is 7.43. The molecule has 3 nitrogen and oxygen atoms in total. The quantitative estimate of drug-likeness (QED) is 0.375. The number of benzene rings is 2. The van der Waals surface area contributed by atoms with Crippen molar-refractivity contribution in [2.24, 2.45) is 5.10 Å². The summed E-state index contributed by atoms with van der Waals surface area (Å²) in [4.78, 5) is 0.923. The molecular formula is C17H11Cl2F2N3S2. The third kappa shape index (κ3) is 4.54. The highest BCUT2D eigenvalue weighted by Gasteiger charge is 2.17. The highest BCUT2D eigenvalue weighted by Crippen LogP contribution is 2.38. The molecule has 0 unspecified atom stereocenters. The van der Waals surface area contributed by atoms with Crippen LogP contribution in [0.2, 0.25) is 5.02 Å². The van der Waals surface area contributed by atoms with Gasteiger partial charge in [0, 0.05) is 27.5 Å². The fourth-order valence-corrected chi connectivity index (χ4v) is 3.96. The lowest BCUT2D eigenvalue weighted by Gasteiger charge is -2.17. The molecule has 0 saturated heterocycles. The molecule has 0 fully saturated rings. The number of thioether (sulfide) groups is 1. The van der Waals surface area contributed by atoms with Crippen LogP contribution in [0.15, 0.2) is 52.0 Å². The molecule has 3 rings (SSSR count). The van der Waals surface area contributed by atoms with Crippen molar-refractivity contribution in [1.82, 2.24) is 5.43 Å². The summed E-state index contributed by atoms with van der Waals surface area (Å²) in [5, 5.41) is 7.52. The third-order valence-electron chi connectivity index (χ3n) is 3.41. The van der Waals surface area contributed by atoms with E-state index in [0.717, 1.165) is 10.5 Å². The van der Waals surface area contributed by atoms with Gasteiger partial charge in [0.2, 0.25) is 0 Å². The molecular weight excluding hydrogens is 419 g/mol. The Morgan fingerprint density at radius 3 is 2.77 bits per heavy atom. The maximum Gasteiger partial charge on any atom is 0.191 e. The summed E-state index contributed by atoms with van der Waals surface area (Å²) in [5.41, 5.74) is 4.56. The molecule has 0 aromatic heterocycles. The van der Waals surface area contributed by atoms with Gasteiger partial charge in [0.1, 0.15) is 11.6 Å².